The van der Waals surface area contributed by atoms with E-state index in [-0.39, 0.29) is 12.1 Å². The van der Waals surface area contributed by atoms with Crippen molar-refractivity contribution in [2.75, 3.05) is 25.0 Å². The zero-order valence-electron chi connectivity index (χ0n) is 15.4. The number of imidazole rings is 1. The number of carbonyl (C=O) groups excluding carboxylic acids is 1. The van der Waals surface area contributed by atoms with E-state index in [0.717, 1.165) is 41.8 Å². The van der Waals surface area contributed by atoms with Crippen molar-refractivity contribution in [2.45, 2.75) is 19.0 Å². The number of amides is 2. The quantitative estimate of drug-likeness (QED) is 0.661. The van der Waals surface area contributed by atoms with Crippen molar-refractivity contribution in [3.05, 3.63) is 54.4 Å². The van der Waals surface area contributed by atoms with Gasteiger partial charge in [-0.05, 0) is 42.3 Å². The number of rotatable bonds is 4. The third-order valence-corrected chi connectivity index (χ3v) is 5.02. The average Bonchev–Trinajstić information content (AvgIpc) is 3.32. The van der Waals surface area contributed by atoms with Crippen LogP contribution in [-0.2, 0) is 6.54 Å². The molecule has 7 heteroatoms. The van der Waals surface area contributed by atoms with Gasteiger partial charge in [0.1, 0.15) is 6.33 Å². The number of urea groups is 1. The molecular weight excluding hydrogens is 340 g/mol. The molecule has 0 radical (unpaired) electrons. The second kappa shape index (κ2) is 7.28. The Balaban J connectivity index is 1.54. The zero-order chi connectivity index (χ0) is 18.8. The molecule has 3 aromatic rings. The Hall–Kier alpha value is -3.06. The summed E-state index contributed by atoms with van der Waals surface area (Å²) in [5.41, 5.74) is 11.3. The summed E-state index contributed by atoms with van der Waals surface area (Å²) in [6.45, 7) is 2.39. The SMILES string of the molecule is CNC(=O)NCc1ccc(-n2cnc3cc(N4CC[C@@H](N)C4)ccc32)cc1. The van der Waals surface area contributed by atoms with E-state index >= 15 is 0 Å². The Kier molecular flexibility index (Phi) is 4.68. The lowest BCUT2D eigenvalue weighted by Crippen LogP contribution is -2.32. The van der Waals surface area contributed by atoms with Crippen molar-refractivity contribution in [1.29, 1.82) is 0 Å². The van der Waals surface area contributed by atoms with Gasteiger partial charge in [-0.2, -0.15) is 0 Å². The molecule has 0 aliphatic carbocycles. The van der Waals surface area contributed by atoms with Gasteiger partial charge < -0.3 is 21.3 Å². The van der Waals surface area contributed by atoms with Crippen LogP contribution in [0, 0.1) is 0 Å². The van der Waals surface area contributed by atoms with E-state index in [1.54, 1.807) is 7.05 Å². The first kappa shape index (κ1) is 17.4. The summed E-state index contributed by atoms with van der Waals surface area (Å²) in [6.07, 6.45) is 2.88. The van der Waals surface area contributed by atoms with Gasteiger partial charge in [0.25, 0.3) is 0 Å². The standard InChI is InChI=1S/C20H24N6O/c1-22-20(27)23-11-14-2-4-16(5-3-14)26-13-24-18-10-17(6-7-19(18)26)25-9-8-15(21)12-25/h2-7,10,13,15H,8-9,11-12,21H2,1H3,(H2,22,23,27)/t15-/m1/s1. The minimum Gasteiger partial charge on any atom is -0.370 e. The monoisotopic (exact) mass is 364 g/mol. The Morgan fingerprint density at radius 1 is 1.22 bits per heavy atom. The molecule has 4 rings (SSSR count). The number of nitrogens with one attached hydrogen (secondary N) is 2. The lowest BCUT2D eigenvalue weighted by atomic mass is 10.2. The van der Waals surface area contributed by atoms with Gasteiger partial charge in [-0.15, -0.1) is 0 Å². The van der Waals surface area contributed by atoms with Crippen molar-refractivity contribution in [3.8, 4) is 5.69 Å². The number of benzene rings is 2. The first-order valence-electron chi connectivity index (χ1n) is 9.16. The molecule has 2 aromatic carbocycles. The van der Waals surface area contributed by atoms with E-state index in [4.69, 9.17) is 5.73 Å². The van der Waals surface area contributed by atoms with Crippen LogP contribution in [0.3, 0.4) is 0 Å². The highest BCUT2D eigenvalue weighted by Crippen LogP contribution is 2.26. The van der Waals surface area contributed by atoms with Crippen molar-refractivity contribution in [1.82, 2.24) is 20.2 Å². The smallest absolute Gasteiger partial charge is 0.314 e. The van der Waals surface area contributed by atoms with Crippen LogP contribution >= 0.6 is 0 Å². The Morgan fingerprint density at radius 2 is 2.00 bits per heavy atom. The lowest BCUT2D eigenvalue weighted by molar-refractivity contribution is 0.242. The Labute approximate surface area is 158 Å². The minimum atomic E-state index is -0.186. The van der Waals surface area contributed by atoms with Crippen molar-refractivity contribution >= 4 is 22.8 Å². The summed E-state index contributed by atoms with van der Waals surface area (Å²) in [4.78, 5) is 18.2. The van der Waals surface area contributed by atoms with E-state index in [0.29, 0.717) is 6.54 Å². The highest BCUT2D eigenvalue weighted by molar-refractivity contribution is 5.81. The summed E-state index contributed by atoms with van der Waals surface area (Å²) in [5.74, 6) is 0. The second-order valence-electron chi connectivity index (χ2n) is 6.88. The van der Waals surface area contributed by atoms with Gasteiger partial charge in [-0.3, -0.25) is 4.57 Å². The molecule has 4 N–H and O–H groups in total. The predicted octanol–water partition coefficient (Wildman–Crippen LogP) is 1.99. The Bertz CT molecular complexity index is 949. The second-order valence-corrected chi connectivity index (χ2v) is 6.88. The van der Waals surface area contributed by atoms with Crippen LogP contribution in [0.15, 0.2) is 48.8 Å². The van der Waals surface area contributed by atoms with Gasteiger partial charge in [0.05, 0.1) is 11.0 Å². The third-order valence-electron chi connectivity index (χ3n) is 5.02. The molecule has 1 aliphatic heterocycles. The van der Waals surface area contributed by atoms with Crippen LogP contribution in [0.2, 0.25) is 0 Å². The van der Waals surface area contributed by atoms with Gasteiger partial charge in [-0.1, -0.05) is 12.1 Å². The molecule has 140 valence electrons. The summed E-state index contributed by atoms with van der Waals surface area (Å²) in [7, 11) is 1.60. The van der Waals surface area contributed by atoms with Crippen LogP contribution < -0.4 is 21.3 Å². The van der Waals surface area contributed by atoms with Crippen LogP contribution in [0.25, 0.3) is 16.7 Å². The third kappa shape index (κ3) is 3.59. The number of carbonyl (C=O) groups is 1. The number of nitrogens with two attached hydrogens (primary N) is 1. The van der Waals surface area contributed by atoms with E-state index in [9.17, 15) is 4.79 Å². The maximum atomic E-state index is 11.3. The van der Waals surface area contributed by atoms with Gasteiger partial charge in [-0.25, -0.2) is 9.78 Å². The molecule has 2 heterocycles. The van der Waals surface area contributed by atoms with E-state index in [1.165, 1.54) is 5.69 Å². The van der Waals surface area contributed by atoms with Gasteiger partial charge in [0.15, 0.2) is 0 Å². The van der Waals surface area contributed by atoms with Crippen LogP contribution in [0.4, 0.5) is 10.5 Å². The number of anilines is 1. The zero-order valence-corrected chi connectivity index (χ0v) is 15.4. The molecular formula is C20H24N6O. The summed E-state index contributed by atoms with van der Waals surface area (Å²) in [6, 6.07) is 14.6. The number of aromatic nitrogens is 2. The molecule has 1 saturated heterocycles. The summed E-state index contributed by atoms with van der Waals surface area (Å²) in [5, 5.41) is 5.33. The molecule has 1 aliphatic rings. The number of hydrogen-bond acceptors (Lipinski definition) is 4. The predicted molar refractivity (Wildman–Crippen MR) is 107 cm³/mol. The van der Waals surface area contributed by atoms with Gasteiger partial charge >= 0.3 is 6.03 Å². The highest BCUT2D eigenvalue weighted by Gasteiger charge is 2.19. The average molecular weight is 364 g/mol. The van der Waals surface area contributed by atoms with Gasteiger partial charge in [0, 0.05) is 44.1 Å². The fourth-order valence-corrected chi connectivity index (χ4v) is 3.47. The molecule has 2 amide bonds. The van der Waals surface area contributed by atoms with Crippen LogP contribution in [0.5, 0.6) is 0 Å². The number of hydrogen-bond donors (Lipinski definition) is 3. The van der Waals surface area contributed by atoms with Gasteiger partial charge in [0.2, 0.25) is 0 Å². The molecule has 27 heavy (non-hydrogen) atoms. The molecule has 0 unspecified atom stereocenters. The number of fused-ring (bicyclic) bond motifs is 1. The maximum Gasteiger partial charge on any atom is 0.314 e. The topological polar surface area (TPSA) is 88.2 Å². The van der Waals surface area contributed by atoms with Crippen LogP contribution in [-0.4, -0.2) is 41.8 Å². The molecule has 0 bridgehead atoms. The maximum absolute atomic E-state index is 11.3. The fraction of sp³-hybridized carbons (Fsp3) is 0.300. The van der Waals surface area contributed by atoms with Crippen molar-refractivity contribution in [2.24, 2.45) is 5.73 Å². The van der Waals surface area contributed by atoms with Crippen molar-refractivity contribution < 1.29 is 4.79 Å². The first-order chi connectivity index (χ1) is 13.1. The Morgan fingerprint density at radius 3 is 2.70 bits per heavy atom. The van der Waals surface area contributed by atoms with E-state index in [2.05, 4.69) is 43.3 Å². The molecule has 1 fully saturated rings. The normalized spacial score (nSPS) is 16.7. The highest BCUT2D eigenvalue weighted by atomic mass is 16.2. The largest absolute Gasteiger partial charge is 0.370 e. The molecule has 0 saturated carbocycles. The summed E-state index contributed by atoms with van der Waals surface area (Å²) < 4.78 is 2.07. The first-order valence-corrected chi connectivity index (χ1v) is 9.16. The fourth-order valence-electron chi connectivity index (χ4n) is 3.47. The molecule has 1 atom stereocenters. The van der Waals surface area contributed by atoms with E-state index in [1.807, 2.05) is 30.6 Å². The summed E-state index contributed by atoms with van der Waals surface area (Å²) >= 11 is 0. The van der Waals surface area contributed by atoms with Crippen LogP contribution in [0.1, 0.15) is 12.0 Å². The van der Waals surface area contributed by atoms with E-state index < -0.39 is 0 Å². The lowest BCUT2D eigenvalue weighted by Gasteiger charge is -2.18. The van der Waals surface area contributed by atoms with Crippen molar-refractivity contribution in [3.63, 3.8) is 0 Å². The number of nitrogens with zero attached hydrogens (tertiary/aromatic N) is 3. The molecule has 1 aromatic heterocycles. The molecule has 7 nitrogen and oxygen atoms in total. The molecule has 0 spiro atoms. The minimum absolute atomic E-state index is 0.186.